The number of hydrogen-bond acceptors (Lipinski definition) is 6. The van der Waals surface area contributed by atoms with E-state index in [4.69, 9.17) is 9.47 Å². The lowest BCUT2D eigenvalue weighted by atomic mass is 9.75. The van der Waals surface area contributed by atoms with Crippen molar-refractivity contribution in [3.8, 4) is 0 Å². The van der Waals surface area contributed by atoms with Gasteiger partial charge in [-0.2, -0.15) is 0 Å². The molecule has 1 aliphatic carbocycles. The molecule has 0 N–H and O–H groups in total. The van der Waals surface area contributed by atoms with Gasteiger partial charge in [-0.1, -0.05) is 39.8 Å². The van der Waals surface area contributed by atoms with Crippen LogP contribution in [0.5, 0.6) is 0 Å². The van der Waals surface area contributed by atoms with Gasteiger partial charge in [-0.15, -0.1) is 0 Å². The summed E-state index contributed by atoms with van der Waals surface area (Å²) < 4.78 is 10.2. The minimum Gasteiger partial charge on any atom is -0.466 e. The Morgan fingerprint density at radius 3 is 1.35 bits per heavy atom. The normalized spacial score (nSPS) is 13.2. The van der Waals surface area contributed by atoms with Gasteiger partial charge in [-0.25, -0.2) is 0 Å². The van der Waals surface area contributed by atoms with Crippen molar-refractivity contribution >= 4 is 23.5 Å². The third kappa shape index (κ3) is 4.96. The second kappa shape index (κ2) is 9.53. The van der Waals surface area contributed by atoms with Crippen molar-refractivity contribution in [3.05, 3.63) is 69.8 Å². The molecule has 2 aromatic carbocycles. The van der Waals surface area contributed by atoms with Crippen LogP contribution >= 0.6 is 0 Å². The standard InChI is InChI=1S/C28H32O6/c1-7-33-23(29)15-27(3,4)17-9-11-19-21(13-17)26(32)22-14-18(10-12-20(22)25(19)31)28(5,6)16-24(30)34-8-2/h9-14H,7-8,15-16H2,1-6H3. The molecule has 6 nitrogen and oxygen atoms in total. The lowest BCUT2D eigenvalue weighted by Gasteiger charge is -2.28. The minimum atomic E-state index is -0.575. The molecule has 0 spiro atoms. The molecule has 0 bridgehead atoms. The van der Waals surface area contributed by atoms with Crippen molar-refractivity contribution in [1.82, 2.24) is 0 Å². The fraction of sp³-hybridized carbons (Fsp3) is 0.429. The molecule has 1 aliphatic rings. The van der Waals surface area contributed by atoms with Gasteiger partial charge in [0.2, 0.25) is 0 Å². The summed E-state index contributed by atoms with van der Waals surface area (Å²) in [5.74, 6) is -1.08. The second-order valence-electron chi connectivity index (χ2n) is 9.91. The zero-order valence-electron chi connectivity index (χ0n) is 20.7. The third-order valence-electron chi connectivity index (χ3n) is 6.36. The first-order valence-electron chi connectivity index (χ1n) is 11.6. The van der Waals surface area contributed by atoms with Crippen molar-refractivity contribution in [3.63, 3.8) is 0 Å². The van der Waals surface area contributed by atoms with Gasteiger partial charge in [0.15, 0.2) is 11.6 Å². The van der Waals surface area contributed by atoms with Crippen molar-refractivity contribution in [2.45, 2.75) is 65.2 Å². The van der Waals surface area contributed by atoms with Crippen molar-refractivity contribution in [2.75, 3.05) is 13.2 Å². The van der Waals surface area contributed by atoms with E-state index in [2.05, 4.69) is 0 Å². The molecular weight excluding hydrogens is 432 g/mol. The zero-order chi connectivity index (χ0) is 25.3. The van der Waals surface area contributed by atoms with Crippen LogP contribution in [0.15, 0.2) is 36.4 Å². The van der Waals surface area contributed by atoms with E-state index in [0.29, 0.717) is 35.5 Å². The highest BCUT2D eigenvalue weighted by Crippen LogP contribution is 2.36. The maximum atomic E-state index is 13.5. The zero-order valence-corrected chi connectivity index (χ0v) is 20.7. The summed E-state index contributed by atoms with van der Waals surface area (Å²) in [6.07, 6.45) is 0.315. The molecule has 2 aromatic rings. The summed E-state index contributed by atoms with van der Waals surface area (Å²) in [4.78, 5) is 50.9. The molecule has 0 radical (unpaired) electrons. The molecular formula is C28H32O6. The number of rotatable bonds is 8. The van der Waals surface area contributed by atoms with E-state index < -0.39 is 10.8 Å². The van der Waals surface area contributed by atoms with Crippen LogP contribution in [0.25, 0.3) is 0 Å². The average molecular weight is 465 g/mol. The quantitative estimate of drug-likeness (QED) is 0.440. The molecule has 0 aliphatic heterocycles. The Labute approximate surface area is 200 Å². The van der Waals surface area contributed by atoms with E-state index in [1.165, 1.54) is 0 Å². The van der Waals surface area contributed by atoms with Crippen LogP contribution in [-0.4, -0.2) is 36.7 Å². The molecule has 0 aromatic heterocycles. The van der Waals surface area contributed by atoms with Crippen LogP contribution < -0.4 is 0 Å². The van der Waals surface area contributed by atoms with Crippen LogP contribution in [0.3, 0.4) is 0 Å². The van der Waals surface area contributed by atoms with E-state index in [9.17, 15) is 19.2 Å². The number of ether oxygens (including phenoxy) is 2. The van der Waals surface area contributed by atoms with Gasteiger partial charge in [0.05, 0.1) is 26.1 Å². The van der Waals surface area contributed by atoms with Gasteiger partial charge in [0.25, 0.3) is 0 Å². The summed E-state index contributed by atoms with van der Waals surface area (Å²) in [6, 6.07) is 10.4. The molecule has 0 heterocycles. The van der Waals surface area contributed by atoms with E-state index in [1.54, 1.807) is 50.2 Å². The van der Waals surface area contributed by atoms with Crippen LogP contribution in [0.2, 0.25) is 0 Å². The Hall–Kier alpha value is -3.28. The molecule has 0 saturated carbocycles. The van der Waals surface area contributed by atoms with Crippen molar-refractivity contribution in [1.29, 1.82) is 0 Å². The molecule has 3 rings (SSSR count). The van der Waals surface area contributed by atoms with Gasteiger partial charge < -0.3 is 9.47 Å². The average Bonchev–Trinajstić information content (AvgIpc) is 2.76. The topological polar surface area (TPSA) is 86.7 Å². The summed E-state index contributed by atoms with van der Waals surface area (Å²) in [5, 5.41) is 0. The fourth-order valence-corrected chi connectivity index (χ4v) is 4.34. The monoisotopic (exact) mass is 464 g/mol. The summed E-state index contributed by atoms with van der Waals surface area (Å²) >= 11 is 0. The predicted octanol–water partition coefficient (Wildman–Crippen LogP) is 4.92. The first kappa shape index (κ1) is 25.3. The van der Waals surface area contributed by atoms with E-state index in [-0.39, 0.29) is 36.3 Å². The molecule has 0 amide bonds. The van der Waals surface area contributed by atoms with Gasteiger partial charge >= 0.3 is 11.9 Å². The fourth-order valence-electron chi connectivity index (χ4n) is 4.34. The summed E-state index contributed by atoms with van der Waals surface area (Å²) in [5.41, 5.74) is 1.77. The van der Waals surface area contributed by atoms with Gasteiger partial charge in [-0.3, -0.25) is 19.2 Å². The number of benzene rings is 2. The molecule has 180 valence electrons. The lowest BCUT2D eigenvalue weighted by Crippen LogP contribution is -2.27. The van der Waals surface area contributed by atoms with E-state index in [0.717, 1.165) is 11.1 Å². The Morgan fingerprint density at radius 1 is 0.647 bits per heavy atom. The molecule has 0 fully saturated rings. The highest BCUT2D eigenvalue weighted by molar-refractivity contribution is 6.28. The largest absolute Gasteiger partial charge is 0.466 e. The highest BCUT2D eigenvalue weighted by atomic mass is 16.5. The lowest BCUT2D eigenvalue weighted by molar-refractivity contribution is -0.145. The SMILES string of the molecule is CCOC(=O)CC(C)(C)c1ccc2c(c1)C(=O)c1cc(C(C)(C)CC(=O)OCC)ccc1C2=O. The van der Waals surface area contributed by atoms with Gasteiger partial charge in [0.1, 0.15) is 0 Å². The maximum Gasteiger partial charge on any atom is 0.306 e. The number of carbonyl (C=O) groups excluding carboxylic acids is 4. The van der Waals surface area contributed by atoms with Gasteiger partial charge in [-0.05, 0) is 49.2 Å². The molecule has 0 atom stereocenters. The van der Waals surface area contributed by atoms with Crippen LogP contribution in [0, 0.1) is 0 Å². The molecule has 34 heavy (non-hydrogen) atoms. The van der Waals surface area contributed by atoms with E-state index >= 15 is 0 Å². The smallest absolute Gasteiger partial charge is 0.306 e. The van der Waals surface area contributed by atoms with Crippen molar-refractivity contribution in [2.24, 2.45) is 0 Å². The Kier molecular flexibility index (Phi) is 7.10. The second-order valence-corrected chi connectivity index (χ2v) is 9.91. The maximum absolute atomic E-state index is 13.5. The van der Waals surface area contributed by atoms with Gasteiger partial charge in [0, 0.05) is 33.1 Å². The number of fused-ring (bicyclic) bond motifs is 2. The third-order valence-corrected chi connectivity index (χ3v) is 6.36. The minimum absolute atomic E-state index is 0.157. The molecule has 0 saturated heterocycles. The number of ketones is 2. The molecule has 0 unspecified atom stereocenters. The first-order chi connectivity index (χ1) is 15.9. The number of esters is 2. The Bertz CT molecular complexity index is 1070. The van der Waals surface area contributed by atoms with Crippen LogP contribution in [0.1, 0.15) is 97.4 Å². The Balaban J connectivity index is 1.99. The Morgan fingerprint density at radius 2 is 1.00 bits per heavy atom. The van der Waals surface area contributed by atoms with Crippen molar-refractivity contribution < 1.29 is 28.7 Å². The number of carbonyl (C=O) groups is 4. The van der Waals surface area contributed by atoms with Crippen LogP contribution in [0.4, 0.5) is 0 Å². The number of hydrogen-bond donors (Lipinski definition) is 0. The summed E-state index contributed by atoms with van der Waals surface area (Å²) in [7, 11) is 0. The predicted molar refractivity (Wildman–Crippen MR) is 128 cm³/mol. The first-order valence-corrected chi connectivity index (χ1v) is 11.6. The van der Waals surface area contributed by atoms with E-state index in [1.807, 2.05) is 27.7 Å². The van der Waals surface area contributed by atoms with Crippen LogP contribution in [-0.2, 0) is 29.9 Å². The highest BCUT2D eigenvalue weighted by Gasteiger charge is 2.34. The molecule has 6 heteroatoms. The summed E-state index contributed by atoms with van der Waals surface area (Å²) in [6.45, 7) is 11.8.